The summed E-state index contributed by atoms with van der Waals surface area (Å²) in [7, 11) is 0. The lowest BCUT2D eigenvalue weighted by Gasteiger charge is -2.22. The van der Waals surface area contributed by atoms with Gasteiger partial charge in [0, 0.05) is 23.7 Å². The third-order valence-electron chi connectivity index (χ3n) is 5.12. The van der Waals surface area contributed by atoms with Crippen LogP contribution in [0.1, 0.15) is 64.8 Å². The Morgan fingerprint density at radius 2 is 1.44 bits per heavy atom. The Bertz CT molecular complexity index is 735. The summed E-state index contributed by atoms with van der Waals surface area (Å²) in [5.74, 6) is -0.140. The van der Waals surface area contributed by atoms with Gasteiger partial charge in [0.05, 0.1) is 0 Å². The van der Waals surface area contributed by atoms with Crippen molar-refractivity contribution in [2.45, 2.75) is 51.0 Å². The highest BCUT2D eigenvalue weighted by Gasteiger charge is 2.16. The Balaban J connectivity index is 1.43. The summed E-state index contributed by atoms with van der Waals surface area (Å²) in [6.07, 6.45) is 7.62. The fourth-order valence-corrected chi connectivity index (χ4v) is 3.53. The molecule has 1 aliphatic rings. The Morgan fingerprint density at radius 1 is 0.815 bits per heavy atom. The van der Waals surface area contributed by atoms with Gasteiger partial charge >= 0.3 is 0 Å². The molecule has 2 aromatic rings. The molecule has 142 valence electrons. The molecule has 0 spiro atoms. The maximum absolute atomic E-state index is 12.3. The van der Waals surface area contributed by atoms with Crippen LogP contribution in [0.2, 0.25) is 0 Å². The van der Waals surface area contributed by atoms with Crippen LogP contribution in [0.5, 0.6) is 0 Å². The van der Waals surface area contributed by atoms with E-state index in [1.54, 1.807) is 24.3 Å². The van der Waals surface area contributed by atoms with E-state index in [9.17, 15) is 9.59 Å². The molecule has 27 heavy (non-hydrogen) atoms. The van der Waals surface area contributed by atoms with Crippen LogP contribution < -0.4 is 10.6 Å². The molecule has 2 amide bonds. The number of aryl methyl sites for hydroxylation is 1. The van der Waals surface area contributed by atoms with Crippen LogP contribution in [-0.2, 0) is 6.42 Å². The second-order valence-electron chi connectivity index (χ2n) is 7.23. The first-order valence-electron chi connectivity index (χ1n) is 9.95. The van der Waals surface area contributed by atoms with Crippen LogP contribution in [0.3, 0.4) is 0 Å². The molecule has 4 nitrogen and oxygen atoms in total. The lowest BCUT2D eigenvalue weighted by atomic mass is 9.95. The molecule has 0 aromatic heterocycles. The zero-order valence-electron chi connectivity index (χ0n) is 15.7. The van der Waals surface area contributed by atoms with E-state index in [0.717, 1.165) is 25.7 Å². The zero-order valence-corrected chi connectivity index (χ0v) is 15.7. The minimum Gasteiger partial charge on any atom is -0.352 e. The number of benzene rings is 2. The highest BCUT2D eigenvalue weighted by Crippen LogP contribution is 2.18. The SMILES string of the molecule is O=C(NCCCc1ccccc1)c1ccc(C(=O)NC2CCCCC2)cc1. The predicted molar refractivity (Wildman–Crippen MR) is 108 cm³/mol. The Morgan fingerprint density at radius 3 is 2.11 bits per heavy atom. The van der Waals surface area contributed by atoms with Crippen molar-refractivity contribution in [1.82, 2.24) is 10.6 Å². The summed E-state index contributed by atoms with van der Waals surface area (Å²) < 4.78 is 0. The Hall–Kier alpha value is -2.62. The van der Waals surface area contributed by atoms with Gasteiger partial charge in [0.2, 0.25) is 0 Å². The molecule has 0 atom stereocenters. The number of amides is 2. The fourth-order valence-electron chi connectivity index (χ4n) is 3.53. The number of hydrogen-bond acceptors (Lipinski definition) is 2. The number of nitrogens with one attached hydrogen (secondary N) is 2. The number of rotatable bonds is 7. The third kappa shape index (κ3) is 5.95. The van der Waals surface area contributed by atoms with Crippen LogP contribution in [0.4, 0.5) is 0 Å². The minimum atomic E-state index is -0.0951. The average Bonchev–Trinajstić information content (AvgIpc) is 2.72. The van der Waals surface area contributed by atoms with Gasteiger partial charge in [-0.1, -0.05) is 49.6 Å². The van der Waals surface area contributed by atoms with E-state index in [1.807, 2.05) is 18.2 Å². The second kappa shape index (κ2) is 9.91. The van der Waals surface area contributed by atoms with E-state index in [4.69, 9.17) is 0 Å². The molecule has 3 rings (SSSR count). The molecule has 0 heterocycles. The molecule has 0 radical (unpaired) electrons. The van der Waals surface area contributed by atoms with Gasteiger partial charge in [-0.3, -0.25) is 9.59 Å². The van der Waals surface area contributed by atoms with Crippen molar-refractivity contribution in [3.8, 4) is 0 Å². The van der Waals surface area contributed by atoms with Crippen LogP contribution in [0.25, 0.3) is 0 Å². The average molecular weight is 364 g/mol. The molecule has 0 unspecified atom stereocenters. The highest BCUT2D eigenvalue weighted by molar-refractivity contribution is 5.97. The minimum absolute atomic E-state index is 0.0447. The summed E-state index contributed by atoms with van der Waals surface area (Å²) in [6, 6.07) is 17.5. The van der Waals surface area contributed by atoms with Crippen molar-refractivity contribution in [3.63, 3.8) is 0 Å². The molecule has 1 fully saturated rings. The molecule has 0 bridgehead atoms. The Labute approximate surface area is 161 Å². The molecule has 1 aliphatic carbocycles. The zero-order chi connectivity index (χ0) is 18.9. The molecule has 2 N–H and O–H groups in total. The van der Waals surface area contributed by atoms with Crippen molar-refractivity contribution in [2.24, 2.45) is 0 Å². The summed E-state index contributed by atoms with van der Waals surface area (Å²) >= 11 is 0. The predicted octanol–water partition coefficient (Wildman–Crippen LogP) is 4.11. The molecule has 1 saturated carbocycles. The maximum Gasteiger partial charge on any atom is 0.251 e. The molecule has 0 aliphatic heterocycles. The summed E-state index contributed by atoms with van der Waals surface area (Å²) in [6.45, 7) is 0.637. The van der Waals surface area contributed by atoms with E-state index < -0.39 is 0 Å². The first kappa shape index (κ1) is 19.2. The quantitative estimate of drug-likeness (QED) is 0.726. The smallest absolute Gasteiger partial charge is 0.251 e. The van der Waals surface area contributed by atoms with Gasteiger partial charge in [-0.05, 0) is 55.5 Å². The lowest BCUT2D eigenvalue weighted by molar-refractivity contribution is 0.0923. The fraction of sp³-hybridized carbons (Fsp3) is 0.391. The topological polar surface area (TPSA) is 58.2 Å². The van der Waals surface area contributed by atoms with Crippen LogP contribution in [0, 0.1) is 0 Å². The van der Waals surface area contributed by atoms with E-state index in [-0.39, 0.29) is 11.8 Å². The normalized spacial score (nSPS) is 14.5. The van der Waals surface area contributed by atoms with Crippen LogP contribution >= 0.6 is 0 Å². The van der Waals surface area contributed by atoms with E-state index in [0.29, 0.717) is 23.7 Å². The molecular weight excluding hydrogens is 336 g/mol. The van der Waals surface area contributed by atoms with E-state index in [2.05, 4.69) is 22.8 Å². The van der Waals surface area contributed by atoms with Crippen molar-refractivity contribution < 1.29 is 9.59 Å². The van der Waals surface area contributed by atoms with Crippen LogP contribution in [-0.4, -0.2) is 24.4 Å². The van der Waals surface area contributed by atoms with Gasteiger partial charge < -0.3 is 10.6 Å². The largest absolute Gasteiger partial charge is 0.352 e. The lowest BCUT2D eigenvalue weighted by Crippen LogP contribution is -2.36. The molecule has 4 heteroatoms. The summed E-state index contributed by atoms with van der Waals surface area (Å²) in [4.78, 5) is 24.6. The molecule has 2 aromatic carbocycles. The van der Waals surface area contributed by atoms with Crippen molar-refractivity contribution in [2.75, 3.05) is 6.54 Å². The van der Waals surface area contributed by atoms with Gasteiger partial charge in [-0.2, -0.15) is 0 Å². The first-order chi connectivity index (χ1) is 13.2. The Kier molecular flexibility index (Phi) is 7.03. The standard InChI is InChI=1S/C23H28N2O2/c26-22(24-17-7-10-18-8-3-1-4-9-18)19-13-15-20(16-14-19)23(27)25-21-11-5-2-6-12-21/h1,3-4,8-9,13-16,21H,2,5-7,10-12,17H2,(H,24,26)(H,25,27). The van der Waals surface area contributed by atoms with E-state index in [1.165, 1.54) is 24.8 Å². The summed E-state index contributed by atoms with van der Waals surface area (Å²) in [5, 5.41) is 6.05. The van der Waals surface area contributed by atoms with Gasteiger partial charge in [-0.25, -0.2) is 0 Å². The third-order valence-corrected chi connectivity index (χ3v) is 5.12. The number of hydrogen-bond donors (Lipinski definition) is 2. The molecule has 0 saturated heterocycles. The number of carbonyl (C=O) groups is 2. The van der Waals surface area contributed by atoms with Gasteiger partial charge in [0.25, 0.3) is 11.8 Å². The van der Waals surface area contributed by atoms with Gasteiger partial charge in [0.15, 0.2) is 0 Å². The van der Waals surface area contributed by atoms with Crippen molar-refractivity contribution >= 4 is 11.8 Å². The van der Waals surface area contributed by atoms with Crippen molar-refractivity contribution in [3.05, 3.63) is 71.3 Å². The van der Waals surface area contributed by atoms with E-state index >= 15 is 0 Å². The van der Waals surface area contributed by atoms with Crippen LogP contribution in [0.15, 0.2) is 54.6 Å². The highest BCUT2D eigenvalue weighted by atomic mass is 16.2. The first-order valence-corrected chi connectivity index (χ1v) is 9.95. The second-order valence-corrected chi connectivity index (χ2v) is 7.23. The summed E-state index contributed by atoms with van der Waals surface area (Å²) in [5.41, 5.74) is 2.48. The molecular formula is C23H28N2O2. The van der Waals surface area contributed by atoms with Gasteiger partial charge in [0.1, 0.15) is 0 Å². The van der Waals surface area contributed by atoms with Crippen molar-refractivity contribution in [1.29, 1.82) is 0 Å². The monoisotopic (exact) mass is 364 g/mol. The maximum atomic E-state index is 12.3. The van der Waals surface area contributed by atoms with Gasteiger partial charge in [-0.15, -0.1) is 0 Å². The number of carbonyl (C=O) groups excluding carboxylic acids is 2.